The number of hydrogen-bond donors (Lipinski definition) is 2. The van der Waals surface area contributed by atoms with Crippen molar-refractivity contribution in [3.63, 3.8) is 0 Å². The SMILES string of the molecule is Cc1ccc(NC(=O)N/C=C/c2ccccc2F)nc1. The van der Waals surface area contributed by atoms with E-state index in [0.717, 1.165) is 5.56 Å². The summed E-state index contributed by atoms with van der Waals surface area (Å²) in [6, 6.07) is 9.42. The summed E-state index contributed by atoms with van der Waals surface area (Å²) in [5.41, 5.74) is 1.41. The van der Waals surface area contributed by atoms with Gasteiger partial charge in [-0.1, -0.05) is 24.3 Å². The summed E-state index contributed by atoms with van der Waals surface area (Å²) in [6.07, 6.45) is 4.52. The topological polar surface area (TPSA) is 54.0 Å². The van der Waals surface area contributed by atoms with Crippen LogP contribution >= 0.6 is 0 Å². The molecule has 0 atom stereocenters. The first-order valence-corrected chi connectivity index (χ1v) is 6.06. The Morgan fingerprint density at radius 2 is 2.05 bits per heavy atom. The number of anilines is 1. The van der Waals surface area contributed by atoms with Crippen LogP contribution in [0.5, 0.6) is 0 Å². The molecule has 0 saturated carbocycles. The minimum Gasteiger partial charge on any atom is -0.314 e. The maximum atomic E-state index is 13.3. The molecule has 20 heavy (non-hydrogen) atoms. The fraction of sp³-hybridized carbons (Fsp3) is 0.0667. The molecular formula is C15H14FN3O. The highest BCUT2D eigenvalue weighted by Crippen LogP contribution is 2.07. The Bertz CT molecular complexity index is 623. The van der Waals surface area contributed by atoms with E-state index in [4.69, 9.17) is 0 Å². The molecular weight excluding hydrogens is 257 g/mol. The van der Waals surface area contributed by atoms with E-state index in [0.29, 0.717) is 11.4 Å². The third-order valence-corrected chi connectivity index (χ3v) is 2.54. The van der Waals surface area contributed by atoms with Crippen molar-refractivity contribution in [1.29, 1.82) is 0 Å². The van der Waals surface area contributed by atoms with Crippen LogP contribution in [-0.2, 0) is 0 Å². The number of urea groups is 1. The lowest BCUT2D eigenvalue weighted by molar-refractivity contribution is 0.255. The van der Waals surface area contributed by atoms with E-state index >= 15 is 0 Å². The van der Waals surface area contributed by atoms with Gasteiger partial charge in [0.15, 0.2) is 0 Å². The number of amides is 2. The van der Waals surface area contributed by atoms with E-state index in [-0.39, 0.29) is 5.82 Å². The summed E-state index contributed by atoms with van der Waals surface area (Å²) in [5.74, 6) is 0.110. The number of benzene rings is 1. The quantitative estimate of drug-likeness (QED) is 0.899. The highest BCUT2D eigenvalue weighted by atomic mass is 19.1. The molecule has 0 fully saturated rings. The largest absolute Gasteiger partial charge is 0.324 e. The number of nitrogens with one attached hydrogen (secondary N) is 2. The predicted molar refractivity (Wildman–Crippen MR) is 76.6 cm³/mol. The number of hydrogen-bond acceptors (Lipinski definition) is 2. The molecule has 0 spiro atoms. The minimum absolute atomic E-state index is 0.342. The average Bonchev–Trinajstić information content (AvgIpc) is 2.43. The summed E-state index contributed by atoms with van der Waals surface area (Å²) >= 11 is 0. The van der Waals surface area contributed by atoms with Gasteiger partial charge in [-0.3, -0.25) is 5.32 Å². The average molecular weight is 271 g/mol. The molecule has 1 aromatic carbocycles. The van der Waals surface area contributed by atoms with Crippen molar-refractivity contribution < 1.29 is 9.18 Å². The van der Waals surface area contributed by atoms with Crippen molar-refractivity contribution in [2.45, 2.75) is 6.92 Å². The first-order valence-electron chi connectivity index (χ1n) is 6.06. The molecule has 4 nitrogen and oxygen atoms in total. The summed E-state index contributed by atoms with van der Waals surface area (Å²) < 4.78 is 13.3. The molecule has 2 amide bonds. The molecule has 0 aliphatic rings. The van der Waals surface area contributed by atoms with E-state index in [1.807, 2.05) is 13.0 Å². The standard InChI is InChI=1S/C15H14FN3O/c1-11-6-7-14(18-10-11)19-15(20)17-9-8-12-4-2-3-5-13(12)16/h2-10H,1H3,(H2,17,18,19,20)/b9-8+. The smallest absolute Gasteiger partial charge is 0.314 e. The Labute approximate surface area is 116 Å². The molecule has 0 radical (unpaired) electrons. The van der Waals surface area contributed by atoms with E-state index in [1.54, 1.807) is 30.5 Å². The lowest BCUT2D eigenvalue weighted by Crippen LogP contribution is -2.24. The number of carbonyl (C=O) groups is 1. The number of carbonyl (C=O) groups excluding carboxylic acids is 1. The van der Waals surface area contributed by atoms with Gasteiger partial charge in [0.25, 0.3) is 0 Å². The number of pyridine rings is 1. The fourth-order valence-electron chi connectivity index (χ4n) is 1.51. The zero-order chi connectivity index (χ0) is 14.4. The molecule has 2 aromatic rings. The Morgan fingerprint density at radius 3 is 2.75 bits per heavy atom. The van der Waals surface area contributed by atoms with Gasteiger partial charge >= 0.3 is 6.03 Å². The van der Waals surface area contributed by atoms with Crippen molar-refractivity contribution in [3.8, 4) is 0 Å². The van der Waals surface area contributed by atoms with Crippen molar-refractivity contribution in [2.75, 3.05) is 5.32 Å². The zero-order valence-corrected chi connectivity index (χ0v) is 10.9. The van der Waals surface area contributed by atoms with Gasteiger partial charge in [0.1, 0.15) is 11.6 Å². The van der Waals surface area contributed by atoms with Crippen LogP contribution in [0.4, 0.5) is 15.0 Å². The van der Waals surface area contributed by atoms with Gasteiger partial charge in [-0.2, -0.15) is 0 Å². The van der Waals surface area contributed by atoms with Gasteiger partial charge in [-0.05, 0) is 30.7 Å². The Morgan fingerprint density at radius 1 is 1.25 bits per heavy atom. The van der Waals surface area contributed by atoms with Crippen LogP contribution in [-0.4, -0.2) is 11.0 Å². The first kappa shape index (κ1) is 13.7. The second-order valence-corrected chi connectivity index (χ2v) is 4.17. The predicted octanol–water partition coefficient (Wildman–Crippen LogP) is 3.32. The second kappa shape index (κ2) is 6.47. The maximum Gasteiger partial charge on any atom is 0.324 e. The van der Waals surface area contributed by atoms with Crippen molar-refractivity contribution >= 4 is 17.9 Å². The molecule has 0 aliphatic carbocycles. The van der Waals surface area contributed by atoms with E-state index < -0.39 is 6.03 Å². The third kappa shape index (κ3) is 3.91. The number of aromatic nitrogens is 1. The van der Waals surface area contributed by atoms with Crippen molar-refractivity contribution in [1.82, 2.24) is 10.3 Å². The third-order valence-electron chi connectivity index (χ3n) is 2.54. The van der Waals surface area contributed by atoms with Crippen LogP contribution in [0.15, 0.2) is 48.8 Å². The number of nitrogens with zero attached hydrogens (tertiary/aromatic N) is 1. The Hall–Kier alpha value is -2.69. The van der Waals surface area contributed by atoms with Crippen LogP contribution in [0.3, 0.4) is 0 Å². The molecule has 1 aromatic heterocycles. The Kier molecular flexibility index (Phi) is 4.44. The molecule has 5 heteroatoms. The van der Waals surface area contributed by atoms with Crippen LogP contribution in [0.1, 0.15) is 11.1 Å². The van der Waals surface area contributed by atoms with Gasteiger partial charge in [-0.15, -0.1) is 0 Å². The number of rotatable bonds is 3. The van der Waals surface area contributed by atoms with Crippen LogP contribution in [0.25, 0.3) is 6.08 Å². The van der Waals surface area contributed by atoms with Crippen molar-refractivity contribution in [2.24, 2.45) is 0 Å². The second-order valence-electron chi connectivity index (χ2n) is 4.17. The highest BCUT2D eigenvalue weighted by Gasteiger charge is 2.00. The molecule has 102 valence electrons. The van der Waals surface area contributed by atoms with Gasteiger partial charge in [-0.25, -0.2) is 14.2 Å². The van der Waals surface area contributed by atoms with Crippen LogP contribution < -0.4 is 10.6 Å². The van der Waals surface area contributed by atoms with Gasteiger partial charge in [0.2, 0.25) is 0 Å². The van der Waals surface area contributed by atoms with Crippen LogP contribution in [0.2, 0.25) is 0 Å². The first-order chi connectivity index (χ1) is 9.65. The molecule has 0 bridgehead atoms. The summed E-state index contributed by atoms with van der Waals surface area (Å²) in [4.78, 5) is 15.6. The lowest BCUT2D eigenvalue weighted by Gasteiger charge is -2.03. The number of aryl methyl sites for hydroxylation is 1. The normalized spacial score (nSPS) is 10.5. The van der Waals surface area contributed by atoms with Gasteiger partial charge in [0, 0.05) is 18.0 Å². The molecule has 0 aliphatic heterocycles. The lowest BCUT2D eigenvalue weighted by atomic mass is 10.2. The molecule has 0 saturated heterocycles. The molecule has 2 N–H and O–H groups in total. The number of halogens is 1. The molecule has 2 rings (SSSR count). The van der Waals surface area contributed by atoms with Gasteiger partial charge in [0.05, 0.1) is 0 Å². The van der Waals surface area contributed by atoms with E-state index in [1.165, 1.54) is 18.3 Å². The molecule has 1 heterocycles. The summed E-state index contributed by atoms with van der Waals surface area (Å²) in [6.45, 7) is 1.91. The van der Waals surface area contributed by atoms with Crippen molar-refractivity contribution in [3.05, 3.63) is 65.7 Å². The Balaban J connectivity index is 1.89. The monoisotopic (exact) mass is 271 g/mol. The van der Waals surface area contributed by atoms with Gasteiger partial charge < -0.3 is 5.32 Å². The fourth-order valence-corrected chi connectivity index (χ4v) is 1.51. The zero-order valence-electron chi connectivity index (χ0n) is 10.9. The van der Waals surface area contributed by atoms with Crippen LogP contribution in [0, 0.1) is 12.7 Å². The summed E-state index contributed by atoms with van der Waals surface area (Å²) in [5, 5.41) is 5.05. The van der Waals surface area contributed by atoms with E-state index in [2.05, 4.69) is 15.6 Å². The van der Waals surface area contributed by atoms with E-state index in [9.17, 15) is 9.18 Å². The molecule has 0 unspecified atom stereocenters. The minimum atomic E-state index is -0.436. The highest BCUT2D eigenvalue weighted by molar-refractivity contribution is 5.89. The summed E-state index contributed by atoms with van der Waals surface area (Å²) in [7, 11) is 0. The maximum absolute atomic E-state index is 13.3.